The Labute approximate surface area is 396 Å². The Morgan fingerprint density at radius 1 is 0.940 bits per heavy atom. The standard InChI is InChI=1S/C54H71N3O10/c1-5-28-57(50(60)27-22-37-16-10-11-17-37)49-35-46(56-65-36-38-18-8-7-9-19-38)43-32-39(20-12-14-29-58)42(21-13-15-30-59)51-44-33-41(24-26-47(44)67-54(49,52(43)51)64-31-6-2)66-53(61)55-45-25-23-40(62-3)34-48(45)63-4/h6-9,18-19,23-26,32-34,37,39,42,49,51-52,58-59H,2,5,10-17,20-22,27-31,35-36H2,1,3-4H3,(H,55,61)/t39-,42+,49-,51+,52+,54+/m0/s1. The number of carbonyl (C=O) groups is 2. The quantitative estimate of drug-likeness (QED) is 0.0449. The first-order valence-electron chi connectivity index (χ1n) is 24.5. The van der Waals surface area contributed by atoms with Crippen molar-refractivity contribution in [3.05, 3.63) is 102 Å². The van der Waals surface area contributed by atoms with E-state index in [1.165, 1.54) is 20.0 Å². The first-order chi connectivity index (χ1) is 32.8. The lowest BCUT2D eigenvalue weighted by atomic mass is 9.55. The topological polar surface area (TPSA) is 158 Å². The number of amides is 2. The Hall–Kier alpha value is -5.37. The van der Waals surface area contributed by atoms with Gasteiger partial charge >= 0.3 is 6.09 Å². The lowest BCUT2D eigenvalue weighted by Gasteiger charge is -2.60. The number of carbonyl (C=O) groups excluding carboxylic acids is 2. The molecule has 13 nitrogen and oxygen atoms in total. The van der Waals surface area contributed by atoms with Gasteiger partial charge in [0.25, 0.3) is 0 Å². The van der Waals surface area contributed by atoms with Gasteiger partial charge in [0.05, 0.1) is 38.1 Å². The fourth-order valence-electron chi connectivity index (χ4n) is 11.1. The van der Waals surface area contributed by atoms with E-state index in [-0.39, 0.29) is 50.1 Å². The summed E-state index contributed by atoms with van der Waals surface area (Å²) in [7, 11) is 3.08. The van der Waals surface area contributed by atoms with Crippen molar-refractivity contribution in [3.8, 4) is 23.0 Å². The van der Waals surface area contributed by atoms with Gasteiger partial charge < -0.3 is 43.6 Å². The number of fused-ring (bicyclic) bond motifs is 2. The van der Waals surface area contributed by atoms with Crippen LogP contribution in [-0.4, -0.2) is 85.2 Å². The molecule has 2 amide bonds. The highest BCUT2D eigenvalue weighted by molar-refractivity contribution is 6.03. The third-order valence-electron chi connectivity index (χ3n) is 14.2. The van der Waals surface area contributed by atoms with Crippen LogP contribution in [0.5, 0.6) is 23.0 Å². The van der Waals surface area contributed by atoms with Crippen molar-refractivity contribution in [1.82, 2.24) is 4.90 Å². The maximum Gasteiger partial charge on any atom is 0.417 e. The molecule has 0 unspecified atom stereocenters. The minimum absolute atomic E-state index is 0.00363. The molecule has 1 heterocycles. The number of nitrogens with zero attached hydrogens (tertiary/aromatic N) is 2. The van der Waals surface area contributed by atoms with Crippen LogP contribution in [-0.2, 0) is 21.0 Å². The summed E-state index contributed by atoms with van der Waals surface area (Å²) in [5, 5.41) is 27.8. The number of allylic oxidation sites excluding steroid dienone is 1. The molecular weight excluding hydrogens is 851 g/mol. The van der Waals surface area contributed by atoms with E-state index in [0.29, 0.717) is 66.8 Å². The number of ether oxygens (including phenoxy) is 5. The number of unbranched alkanes of at least 4 members (excludes halogenated alkanes) is 2. The minimum Gasteiger partial charge on any atom is -0.497 e. The van der Waals surface area contributed by atoms with Crippen LogP contribution in [0.25, 0.3) is 0 Å². The van der Waals surface area contributed by atoms with Gasteiger partial charge in [-0.25, -0.2) is 4.79 Å². The summed E-state index contributed by atoms with van der Waals surface area (Å²) >= 11 is 0. The number of oxime groups is 1. The molecule has 0 radical (unpaired) electrons. The summed E-state index contributed by atoms with van der Waals surface area (Å²) in [6.07, 6.45) is 14.9. The second kappa shape index (κ2) is 24.1. The van der Waals surface area contributed by atoms with E-state index in [1.54, 1.807) is 37.5 Å². The zero-order valence-corrected chi connectivity index (χ0v) is 39.7. The zero-order chi connectivity index (χ0) is 47.2. The lowest BCUT2D eigenvalue weighted by Crippen LogP contribution is -2.70. The molecule has 3 N–H and O–H groups in total. The monoisotopic (exact) mass is 922 g/mol. The fourth-order valence-corrected chi connectivity index (χ4v) is 11.1. The molecule has 6 atom stereocenters. The molecule has 0 aromatic heterocycles. The molecule has 7 rings (SSSR count). The predicted molar refractivity (Wildman–Crippen MR) is 259 cm³/mol. The highest BCUT2D eigenvalue weighted by Gasteiger charge is 2.65. The normalized spacial score (nSPS) is 23.6. The molecule has 3 aromatic rings. The van der Waals surface area contributed by atoms with Gasteiger partial charge in [0.15, 0.2) is 0 Å². The summed E-state index contributed by atoms with van der Waals surface area (Å²) < 4.78 is 31.5. The molecule has 0 spiro atoms. The van der Waals surface area contributed by atoms with Crippen molar-refractivity contribution in [1.29, 1.82) is 0 Å². The average Bonchev–Trinajstić information content (AvgIpc) is 3.88. The van der Waals surface area contributed by atoms with Gasteiger partial charge in [-0.15, -0.1) is 6.58 Å². The van der Waals surface area contributed by atoms with Crippen molar-refractivity contribution in [2.45, 2.75) is 121 Å². The number of aliphatic hydroxyl groups is 2. The molecule has 4 aliphatic rings. The first kappa shape index (κ1) is 49.5. The van der Waals surface area contributed by atoms with E-state index in [2.05, 4.69) is 24.9 Å². The molecule has 13 heteroatoms. The fraction of sp³-hybridized carbons (Fsp3) is 0.537. The summed E-state index contributed by atoms with van der Waals surface area (Å²) in [6, 6.07) is 19.9. The Morgan fingerprint density at radius 3 is 2.42 bits per heavy atom. The third-order valence-corrected chi connectivity index (χ3v) is 14.2. The Bertz CT molecular complexity index is 2170. The van der Waals surface area contributed by atoms with Crippen LogP contribution < -0.4 is 24.3 Å². The van der Waals surface area contributed by atoms with E-state index >= 15 is 0 Å². The third kappa shape index (κ3) is 11.7. The Morgan fingerprint density at radius 2 is 1.70 bits per heavy atom. The van der Waals surface area contributed by atoms with Gasteiger partial charge in [-0.05, 0) is 97.7 Å². The maximum atomic E-state index is 14.9. The first-order valence-corrected chi connectivity index (χ1v) is 24.5. The van der Waals surface area contributed by atoms with Crippen LogP contribution >= 0.6 is 0 Å². The maximum absolute atomic E-state index is 14.9. The number of rotatable bonds is 24. The van der Waals surface area contributed by atoms with Gasteiger partial charge in [0.2, 0.25) is 11.7 Å². The van der Waals surface area contributed by atoms with Crippen LogP contribution in [0.15, 0.2) is 96.2 Å². The van der Waals surface area contributed by atoms with Crippen molar-refractivity contribution in [3.63, 3.8) is 0 Å². The minimum atomic E-state index is -1.37. The number of benzene rings is 3. The van der Waals surface area contributed by atoms with E-state index in [1.807, 2.05) is 47.4 Å². The Balaban J connectivity index is 1.37. The molecule has 3 aromatic carbocycles. The van der Waals surface area contributed by atoms with Gasteiger partial charge in [-0.3, -0.25) is 10.1 Å². The van der Waals surface area contributed by atoms with Gasteiger partial charge in [-0.2, -0.15) is 0 Å². The predicted octanol–water partition coefficient (Wildman–Crippen LogP) is 10.4. The highest BCUT2D eigenvalue weighted by Crippen LogP contribution is 2.62. The molecule has 362 valence electrons. The number of anilines is 1. The largest absolute Gasteiger partial charge is 0.497 e. The second-order valence-corrected chi connectivity index (χ2v) is 18.4. The van der Waals surface area contributed by atoms with Crippen molar-refractivity contribution in [2.24, 2.45) is 28.8 Å². The van der Waals surface area contributed by atoms with Crippen LogP contribution in [0.2, 0.25) is 0 Å². The van der Waals surface area contributed by atoms with E-state index in [0.717, 1.165) is 73.8 Å². The van der Waals surface area contributed by atoms with E-state index in [4.69, 9.17) is 33.7 Å². The number of hydrogen-bond donors (Lipinski definition) is 3. The number of aliphatic hydroxyl groups excluding tert-OH is 2. The number of methoxy groups -OCH3 is 2. The van der Waals surface area contributed by atoms with E-state index < -0.39 is 23.8 Å². The molecule has 0 saturated heterocycles. The molecular formula is C54H71N3O10. The molecule has 3 aliphatic carbocycles. The van der Waals surface area contributed by atoms with Crippen molar-refractivity contribution in [2.75, 3.05) is 45.9 Å². The van der Waals surface area contributed by atoms with Gasteiger partial charge in [0, 0.05) is 50.1 Å². The molecule has 2 fully saturated rings. The van der Waals surface area contributed by atoms with Crippen molar-refractivity contribution < 1.29 is 48.3 Å². The molecule has 2 saturated carbocycles. The van der Waals surface area contributed by atoms with Crippen LogP contribution in [0.1, 0.15) is 114 Å². The number of nitrogens with one attached hydrogen (secondary N) is 1. The van der Waals surface area contributed by atoms with Crippen LogP contribution in [0, 0.1) is 23.7 Å². The summed E-state index contributed by atoms with van der Waals surface area (Å²) in [4.78, 5) is 36.8. The second-order valence-electron chi connectivity index (χ2n) is 18.4. The zero-order valence-electron chi connectivity index (χ0n) is 39.7. The smallest absolute Gasteiger partial charge is 0.417 e. The molecule has 67 heavy (non-hydrogen) atoms. The van der Waals surface area contributed by atoms with E-state index in [9.17, 15) is 19.8 Å². The summed E-state index contributed by atoms with van der Waals surface area (Å²) in [5.74, 6) is 0.412. The van der Waals surface area contributed by atoms with Crippen molar-refractivity contribution >= 4 is 23.4 Å². The highest BCUT2D eigenvalue weighted by atomic mass is 16.7. The molecule has 1 aliphatic heterocycles. The summed E-state index contributed by atoms with van der Waals surface area (Å²) in [6.45, 7) is 7.26. The van der Waals surface area contributed by atoms with Gasteiger partial charge in [0.1, 0.15) is 35.6 Å². The average molecular weight is 922 g/mol. The van der Waals surface area contributed by atoms with Crippen LogP contribution in [0.4, 0.5) is 10.5 Å². The lowest BCUT2D eigenvalue weighted by molar-refractivity contribution is -0.257. The molecule has 0 bridgehead atoms. The SMILES string of the molecule is C=CCO[C@@]12Oc3ccc(OC(=O)Nc4ccc(OC)cc4OC)cc3[C@H]3[C@H](CCCCO)[C@@H](CCCCO)C=C(C(=NOCc4ccccc4)C[C@@H]1N(CCC)C(=O)CCC1CCCC1)[C@H]32. The number of hydrogen-bond acceptors (Lipinski definition) is 11. The van der Waals surface area contributed by atoms with Crippen LogP contribution in [0.3, 0.4) is 0 Å². The Kier molecular flexibility index (Phi) is 17.8. The summed E-state index contributed by atoms with van der Waals surface area (Å²) in [5.41, 5.74) is 3.94. The van der Waals surface area contributed by atoms with Gasteiger partial charge in [-0.1, -0.05) is 93.1 Å².